The Morgan fingerprint density at radius 3 is 2.81 bits per heavy atom. The summed E-state index contributed by atoms with van der Waals surface area (Å²) in [7, 11) is 0. The lowest BCUT2D eigenvalue weighted by molar-refractivity contribution is -0.125. The first-order valence-corrected chi connectivity index (χ1v) is 6.22. The van der Waals surface area contributed by atoms with E-state index in [2.05, 4.69) is 33.3 Å². The van der Waals surface area contributed by atoms with Crippen LogP contribution >= 0.6 is 11.6 Å². The van der Waals surface area contributed by atoms with Gasteiger partial charge >= 0.3 is 0 Å². The molecule has 0 saturated carbocycles. The van der Waals surface area contributed by atoms with Crippen LogP contribution in [0.5, 0.6) is 0 Å². The number of hydrogen-bond acceptors (Lipinski definition) is 4. The third-order valence-electron chi connectivity index (χ3n) is 3.76. The lowest BCUT2D eigenvalue weighted by Gasteiger charge is -2.61. The van der Waals surface area contributed by atoms with Crippen molar-refractivity contribution in [2.45, 2.75) is 13.1 Å². The second kappa shape index (κ2) is 3.72. The van der Waals surface area contributed by atoms with Crippen LogP contribution in [0, 0.1) is 5.41 Å². The Morgan fingerprint density at radius 1 is 1.50 bits per heavy atom. The van der Waals surface area contributed by atoms with E-state index in [1.807, 2.05) is 6.08 Å². The number of allylic oxidation sites excluding steroid dienone is 1. The Kier molecular flexibility index (Phi) is 2.46. The van der Waals surface area contributed by atoms with Crippen LogP contribution in [0.3, 0.4) is 0 Å². The maximum Gasteiger partial charge on any atom is 0.148 e. The van der Waals surface area contributed by atoms with E-state index in [9.17, 15) is 0 Å². The fourth-order valence-corrected chi connectivity index (χ4v) is 3.04. The molecule has 3 aliphatic rings. The topological polar surface area (TPSA) is 30.9 Å². The van der Waals surface area contributed by atoms with Crippen LogP contribution in [0.1, 0.15) is 6.92 Å². The van der Waals surface area contributed by atoms with Crippen molar-refractivity contribution in [1.29, 1.82) is 0 Å². The molecule has 1 atom stereocenters. The standard InChI is InChI=1S/C11H17ClN4/c1-2-15-5-11(6-15)7-16(8-11)10-4-3-9(12)13-14-10/h3-4,10,14H,2,5-8H2,1H3. The second-order valence-electron chi connectivity index (χ2n) is 5.08. The summed E-state index contributed by atoms with van der Waals surface area (Å²) in [6.45, 7) is 8.30. The summed E-state index contributed by atoms with van der Waals surface area (Å²) in [5.74, 6) is 0. The zero-order valence-corrected chi connectivity index (χ0v) is 10.2. The molecule has 0 aromatic carbocycles. The van der Waals surface area contributed by atoms with Gasteiger partial charge in [-0.2, -0.15) is 5.10 Å². The summed E-state index contributed by atoms with van der Waals surface area (Å²) < 4.78 is 0. The Balaban J connectivity index is 1.50. The van der Waals surface area contributed by atoms with Crippen molar-refractivity contribution in [1.82, 2.24) is 15.2 Å². The summed E-state index contributed by atoms with van der Waals surface area (Å²) in [4.78, 5) is 4.91. The van der Waals surface area contributed by atoms with E-state index < -0.39 is 0 Å². The number of nitrogens with zero attached hydrogens (tertiary/aromatic N) is 3. The fourth-order valence-electron chi connectivity index (χ4n) is 2.92. The molecule has 3 aliphatic heterocycles. The van der Waals surface area contributed by atoms with Crippen molar-refractivity contribution < 1.29 is 0 Å². The van der Waals surface area contributed by atoms with Crippen LogP contribution in [0.2, 0.25) is 0 Å². The van der Waals surface area contributed by atoms with E-state index in [4.69, 9.17) is 11.6 Å². The predicted molar refractivity (Wildman–Crippen MR) is 65.5 cm³/mol. The number of likely N-dealkylation sites (tertiary alicyclic amines) is 2. The minimum atomic E-state index is 0.240. The third kappa shape index (κ3) is 1.65. The minimum Gasteiger partial charge on any atom is -0.302 e. The molecule has 4 nitrogen and oxygen atoms in total. The molecule has 1 N–H and O–H groups in total. The molecule has 3 heterocycles. The summed E-state index contributed by atoms with van der Waals surface area (Å²) in [6.07, 6.45) is 4.19. The van der Waals surface area contributed by atoms with Crippen molar-refractivity contribution in [3.8, 4) is 0 Å². The number of hydrogen-bond donors (Lipinski definition) is 1. The predicted octanol–water partition coefficient (Wildman–Crippen LogP) is 0.662. The molecule has 1 spiro atoms. The molecule has 0 bridgehead atoms. The van der Waals surface area contributed by atoms with E-state index in [1.54, 1.807) is 0 Å². The average Bonchev–Trinajstić information content (AvgIpc) is 2.17. The van der Waals surface area contributed by atoms with Gasteiger partial charge in [0.2, 0.25) is 0 Å². The first-order valence-electron chi connectivity index (χ1n) is 5.84. The first-order chi connectivity index (χ1) is 7.71. The first kappa shape index (κ1) is 10.6. The Morgan fingerprint density at radius 2 is 2.25 bits per heavy atom. The van der Waals surface area contributed by atoms with Gasteiger partial charge in [0.1, 0.15) is 11.3 Å². The molecule has 88 valence electrons. The highest BCUT2D eigenvalue weighted by atomic mass is 35.5. The zero-order chi connectivity index (χ0) is 11.2. The van der Waals surface area contributed by atoms with Gasteiger partial charge in [-0.25, -0.2) is 0 Å². The zero-order valence-electron chi connectivity index (χ0n) is 9.49. The number of nitrogens with one attached hydrogen (secondary N) is 1. The van der Waals surface area contributed by atoms with Crippen molar-refractivity contribution in [2.75, 3.05) is 32.7 Å². The third-order valence-corrected chi connectivity index (χ3v) is 3.97. The SMILES string of the molecule is CCN1CC2(C1)CN(C1C=CC(Cl)=NN1)C2. The molecule has 0 radical (unpaired) electrons. The van der Waals surface area contributed by atoms with Gasteiger partial charge in [-0.1, -0.05) is 18.5 Å². The van der Waals surface area contributed by atoms with Crippen LogP contribution in [0.25, 0.3) is 0 Å². The normalized spacial score (nSPS) is 32.9. The molecule has 16 heavy (non-hydrogen) atoms. The summed E-state index contributed by atoms with van der Waals surface area (Å²) in [5.41, 5.74) is 3.64. The van der Waals surface area contributed by atoms with Gasteiger partial charge in [-0.05, 0) is 18.7 Å². The fraction of sp³-hybridized carbons (Fsp3) is 0.727. The van der Waals surface area contributed by atoms with Crippen LogP contribution in [-0.2, 0) is 0 Å². The molecular weight excluding hydrogens is 224 g/mol. The van der Waals surface area contributed by atoms with E-state index >= 15 is 0 Å². The molecular formula is C11H17ClN4. The largest absolute Gasteiger partial charge is 0.302 e. The minimum absolute atomic E-state index is 0.240. The molecule has 0 aromatic heterocycles. The van der Waals surface area contributed by atoms with E-state index in [-0.39, 0.29) is 6.17 Å². The van der Waals surface area contributed by atoms with Crippen molar-refractivity contribution in [3.63, 3.8) is 0 Å². The molecule has 2 saturated heterocycles. The lowest BCUT2D eigenvalue weighted by atomic mass is 9.72. The van der Waals surface area contributed by atoms with Gasteiger partial charge < -0.3 is 4.90 Å². The maximum absolute atomic E-state index is 5.76. The highest BCUT2D eigenvalue weighted by molar-refractivity contribution is 6.68. The summed E-state index contributed by atoms with van der Waals surface area (Å²) >= 11 is 5.76. The van der Waals surface area contributed by atoms with Crippen molar-refractivity contribution in [2.24, 2.45) is 10.5 Å². The van der Waals surface area contributed by atoms with Crippen LogP contribution in [0.4, 0.5) is 0 Å². The number of halogens is 1. The highest BCUT2D eigenvalue weighted by Crippen LogP contribution is 2.40. The molecule has 0 amide bonds. The molecule has 2 fully saturated rings. The van der Waals surface area contributed by atoms with Gasteiger partial charge in [0.15, 0.2) is 0 Å². The molecule has 1 unspecified atom stereocenters. The van der Waals surface area contributed by atoms with Crippen LogP contribution in [0.15, 0.2) is 17.3 Å². The Hall–Kier alpha value is -0.580. The monoisotopic (exact) mass is 240 g/mol. The van der Waals surface area contributed by atoms with Gasteiger partial charge in [-0.3, -0.25) is 10.3 Å². The van der Waals surface area contributed by atoms with Crippen molar-refractivity contribution >= 4 is 16.8 Å². The van der Waals surface area contributed by atoms with Gasteiger partial charge in [0.25, 0.3) is 0 Å². The number of hydrazone groups is 1. The lowest BCUT2D eigenvalue weighted by Crippen LogP contribution is -2.74. The molecule has 0 aliphatic carbocycles. The smallest absolute Gasteiger partial charge is 0.148 e. The van der Waals surface area contributed by atoms with Gasteiger partial charge in [-0.15, -0.1) is 0 Å². The Labute approximate surface area is 101 Å². The summed E-state index contributed by atoms with van der Waals surface area (Å²) in [5, 5.41) is 4.56. The maximum atomic E-state index is 5.76. The Bertz CT molecular complexity index is 338. The summed E-state index contributed by atoms with van der Waals surface area (Å²) in [6, 6.07) is 0. The van der Waals surface area contributed by atoms with E-state index in [1.165, 1.54) is 32.7 Å². The molecule has 5 heteroatoms. The molecule has 0 aromatic rings. The highest BCUT2D eigenvalue weighted by Gasteiger charge is 2.52. The molecule has 3 rings (SSSR count). The van der Waals surface area contributed by atoms with Gasteiger partial charge in [0.05, 0.1) is 0 Å². The number of rotatable bonds is 2. The van der Waals surface area contributed by atoms with Crippen LogP contribution < -0.4 is 5.43 Å². The van der Waals surface area contributed by atoms with Gasteiger partial charge in [0, 0.05) is 31.6 Å². The van der Waals surface area contributed by atoms with E-state index in [0.717, 1.165) is 0 Å². The average molecular weight is 241 g/mol. The van der Waals surface area contributed by atoms with E-state index in [0.29, 0.717) is 10.6 Å². The van der Waals surface area contributed by atoms with Crippen molar-refractivity contribution in [3.05, 3.63) is 12.2 Å². The second-order valence-corrected chi connectivity index (χ2v) is 5.46. The van der Waals surface area contributed by atoms with Crippen LogP contribution in [-0.4, -0.2) is 53.9 Å². The quantitative estimate of drug-likeness (QED) is 0.770.